The second-order valence-electron chi connectivity index (χ2n) is 6.08. The lowest BCUT2D eigenvalue weighted by atomic mass is 9.77. The van der Waals surface area contributed by atoms with Crippen molar-refractivity contribution in [3.05, 3.63) is 34.6 Å². The van der Waals surface area contributed by atoms with E-state index < -0.39 is 0 Å². The van der Waals surface area contributed by atoms with E-state index in [4.69, 9.17) is 16.3 Å². The van der Waals surface area contributed by atoms with Gasteiger partial charge in [0.2, 0.25) is 0 Å². The van der Waals surface area contributed by atoms with E-state index in [1.807, 2.05) is 13.0 Å². The monoisotopic (exact) mass is 312 g/mol. The Balaban J connectivity index is 1.71. The molecule has 1 saturated carbocycles. The zero-order valence-electron chi connectivity index (χ0n) is 12.9. The molecule has 1 nitrogen and oxygen atoms in total. The molecule has 0 N–H and O–H groups in total. The number of hydrogen-bond donors (Lipinski definition) is 0. The smallest absolute Gasteiger partial charge is 0.142 e. The van der Waals surface area contributed by atoms with Crippen molar-refractivity contribution in [1.29, 1.82) is 0 Å². The molecule has 1 aromatic rings. The summed E-state index contributed by atoms with van der Waals surface area (Å²) in [6.07, 6.45) is 8.65. The molecule has 1 fully saturated rings. The van der Waals surface area contributed by atoms with Gasteiger partial charge in [-0.1, -0.05) is 30.5 Å². The Bertz CT molecular complexity index is 427. The van der Waals surface area contributed by atoms with E-state index in [0.717, 1.165) is 24.7 Å². The van der Waals surface area contributed by atoms with Gasteiger partial charge in [-0.25, -0.2) is 4.39 Å². The molecule has 1 aliphatic rings. The molecular formula is C18H26ClFO. The number of halogens is 2. The third kappa shape index (κ3) is 5.27. The molecule has 0 spiro atoms. The first-order valence-corrected chi connectivity index (χ1v) is 8.61. The Hall–Kier alpha value is -0.600. The largest absolute Gasteiger partial charge is 0.382 e. The third-order valence-corrected chi connectivity index (χ3v) is 4.92. The summed E-state index contributed by atoms with van der Waals surface area (Å²) in [4.78, 5) is 0. The van der Waals surface area contributed by atoms with E-state index in [1.165, 1.54) is 44.9 Å². The number of rotatable bonds is 7. The van der Waals surface area contributed by atoms with Gasteiger partial charge in [-0.3, -0.25) is 0 Å². The van der Waals surface area contributed by atoms with Crippen molar-refractivity contribution in [1.82, 2.24) is 0 Å². The van der Waals surface area contributed by atoms with Crippen LogP contribution in [0.4, 0.5) is 4.39 Å². The Morgan fingerprint density at radius 2 is 1.95 bits per heavy atom. The third-order valence-electron chi connectivity index (χ3n) is 4.62. The van der Waals surface area contributed by atoms with Gasteiger partial charge in [0.25, 0.3) is 0 Å². The molecule has 21 heavy (non-hydrogen) atoms. The zero-order chi connectivity index (χ0) is 15.1. The van der Waals surface area contributed by atoms with Crippen LogP contribution in [-0.2, 0) is 4.74 Å². The standard InChI is InChI=1S/C18H26ClFO/c1-2-21-12-4-3-5-14-6-8-15(9-7-14)16-10-11-17(19)18(20)13-16/h10-11,13-15H,2-9,12H2,1H3. The van der Waals surface area contributed by atoms with E-state index in [1.54, 1.807) is 12.1 Å². The minimum absolute atomic E-state index is 0.224. The summed E-state index contributed by atoms with van der Waals surface area (Å²) in [5.74, 6) is 1.07. The fourth-order valence-electron chi connectivity index (χ4n) is 3.33. The lowest BCUT2D eigenvalue weighted by Crippen LogP contribution is -2.13. The van der Waals surface area contributed by atoms with E-state index in [2.05, 4.69) is 0 Å². The molecule has 118 valence electrons. The maximum atomic E-state index is 13.5. The molecule has 0 bridgehead atoms. The van der Waals surface area contributed by atoms with Crippen molar-refractivity contribution in [3.8, 4) is 0 Å². The van der Waals surface area contributed by atoms with Crippen molar-refractivity contribution in [2.75, 3.05) is 13.2 Å². The highest BCUT2D eigenvalue weighted by Crippen LogP contribution is 2.38. The van der Waals surface area contributed by atoms with Crippen molar-refractivity contribution < 1.29 is 9.13 Å². The molecule has 0 saturated heterocycles. The molecule has 0 amide bonds. The van der Waals surface area contributed by atoms with Gasteiger partial charge in [0, 0.05) is 13.2 Å². The van der Waals surface area contributed by atoms with Crippen LogP contribution in [-0.4, -0.2) is 13.2 Å². The SMILES string of the molecule is CCOCCCCC1CCC(c2ccc(Cl)c(F)c2)CC1. The molecule has 1 aliphatic carbocycles. The van der Waals surface area contributed by atoms with Crippen LogP contribution >= 0.6 is 11.6 Å². The van der Waals surface area contributed by atoms with Crippen LogP contribution in [0.3, 0.4) is 0 Å². The van der Waals surface area contributed by atoms with Gasteiger partial charge >= 0.3 is 0 Å². The Kier molecular flexibility index (Phi) is 6.98. The summed E-state index contributed by atoms with van der Waals surface area (Å²) >= 11 is 5.75. The number of hydrogen-bond acceptors (Lipinski definition) is 1. The van der Waals surface area contributed by atoms with Gasteiger partial charge in [0.15, 0.2) is 0 Å². The normalized spacial score (nSPS) is 22.4. The Morgan fingerprint density at radius 1 is 1.19 bits per heavy atom. The number of ether oxygens (including phenoxy) is 1. The molecule has 0 atom stereocenters. The highest BCUT2D eigenvalue weighted by Gasteiger charge is 2.22. The average Bonchev–Trinajstić information content (AvgIpc) is 2.50. The zero-order valence-corrected chi connectivity index (χ0v) is 13.7. The number of unbranched alkanes of at least 4 members (excludes halogenated alkanes) is 1. The number of benzene rings is 1. The quantitative estimate of drug-likeness (QED) is 0.564. The van der Waals surface area contributed by atoms with Gasteiger partial charge in [0.05, 0.1) is 5.02 Å². The summed E-state index contributed by atoms with van der Waals surface area (Å²) in [7, 11) is 0. The topological polar surface area (TPSA) is 9.23 Å². The molecule has 0 radical (unpaired) electrons. The molecule has 0 aromatic heterocycles. The maximum absolute atomic E-state index is 13.5. The van der Waals surface area contributed by atoms with Gasteiger partial charge in [0.1, 0.15) is 5.82 Å². The van der Waals surface area contributed by atoms with Crippen LogP contribution in [0.15, 0.2) is 18.2 Å². The predicted octanol–water partition coefficient (Wildman–Crippen LogP) is 5.96. The first-order valence-electron chi connectivity index (χ1n) is 8.23. The summed E-state index contributed by atoms with van der Waals surface area (Å²) < 4.78 is 18.9. The highest BCUT2D eigenvalue weighted by molar-refractivity contribution is 6.30. The molecule has 0 aliphatic heterocycles. The van der Waals surface area contributed by atoms with Crippen molar-refractivity contribution in [2.45, 2.75) is 57.8 Å². The molecule has 2 rings (SSSR count). The highest BCUT2D eigenvalue weighted by atomic mass is 35.5. The predicted molar refractivity (Wildman–Crippen MR) is 86.5 cm³/mol. The van der Waals surface area contributed by atoms with Gasteiger partial charge in [-0.2, -0.15) is 0 Å². The second kappa shape index (κ2) is 8.75. The molecule has 1 aromatic carbocycles. The molecule has 3 heteroatoms. The first kappa shape index (κ1) is 16.8. The Morgan fingerprint density at radius 3 is 2.62 bits per heavy atom. The lowest BCUT2D eigenvalue weighted by Gasteiger charge is -2.29. The maximum Gasteiger partial charge on any atom is 0.142 e. The van der Waals surface area contributed by atoms with Gasteiger partial charge in [-0.15, -0.1) is 0 Å². The van der Waals surface area contributed by atoms with Crippen LogP contribution in [0, 0.1) is 11.7 Å². The van der Waals surface area contributed by atoms with Crippen LogP contribution in [0.2, 0.25) is 5.02 Å². The summed E-state index contributed by atoms with van der Waals surface area (Å²) in [6.45, 7) is 3.76. The van der Waals surface area contributed by atoms with Crippen molar-refractivity contribution >= 4 is 11.6 Å². The first-order chi connectivity index (χ1) is 10.2. The minimum atomic E-state index is -0.285. The van der Waals surface area contributed by atoms with Crippen molar-refractivity contribution in [2.24, 2.45) is 5.92 Å². The lowest BCUT2D eigenvalue weighted by molar-refractivity contribution is 0.140. The van der Waals surface area contributed by atoms with Crippen LogP contribution < -0.4 is 0 Å². The average molecular weight is 313 g/mol. The van der Waals surface area contributed by atoms with Crippen LogP contribution in [0.1, 0.15) is 63.4 Å². The van der Waals surface area contributed by atoms with Gasteiger partial charge in [-0.05, 0) is 68.6 Å². The Labute approximate surface area is 132 Å². The van der Waals surface area contributed by atoms with Crippen molar-refractivity contribution in [3.63, 3.8) is 0 Å². The van der Waals surface area contributed by atoms with Crippen LogP contribution in [0.5, 0.6) is 0 Å². The summed E-state index contributed by atoms with van der Waals surface area (Å²) in [5, 5.41) is 0.224. The van der Waals surface area contributed by atoms with E-state index in [0.29, 0.717) is 5.92 Å². The van der Waals surface area contributed by atoms with Gasteiger partial charge < -0.3 is 4.74 Å². The second-order valence-corrected chi connectivity index (χ2v) is 6.49. The fraction of sp³-hybridized carbons (Fsp3) is 0.667. The van der Waals surface area contributed by atoms with E-state index >= 15 is 0 Å². The fourth-order valence-corrected chi connectivity index (χ4v) is 3.45. The molecule has 0 unspecified atom stereocenters. The molecule has 0 heterocycles. The summed E-state index contributed by atoms with van der Waals surface area (Å²) in [5.41, 5.74) is 1.12. The summed E-state index contributed by atoms with van der Waals surface area (Å²) in [6, 6.07) is 5.29. The van der Waals surface area contributed by atoms with E-state index in [9.17, 15) is 4.39 Å². The molecular weight excluding hydrogens is 287 g/mol. The minimum Gasteiger partial charge on any atom is -0.382 e. The van der Waals surface area contributed by atoms with E-state index in [-0.39, 0.29) is 10.8 Å². The van der Waals surface area contributed by atoms with Crippen LogP contribution in [0.25, 0.3) is 0 Å².